The number of piperidine rings is 1. The number of nitrogens with zero attached hydrogens (tertiary/aromatic N) is 3. The minimum absolute atomic E-state index is 0.00321. The maximum absolute atomic E-state index is 15.2. The molecule has 0 radical (unpaired) electrons. The van der Waals surface area contributed by atoms with Gasteiger partial charge in [0.05, 0.1) is 22.5 Å². The van der Waals surface area contributed by atoms with E-state index in [9.17, 15) is 19.2 Å². The zero-order valence-corrected chi connectivity index (χ0v) is 20.1. The van der Waals surface area contributed by atoms with Gasteiger partial charge in [-0.25, -0.2) is 9.18 Å². The first-order valence-electron chi connectivity index (χ1n) is 11.3. The van der Waals surface area contributed by atoms with Gasteiger partial charge in [-0.3, -0.25) is 24.3 Å². The van der Waals surface area contributed by atoms with Crippen LogP contribution in [0, 0.1) is 5.82 Å². The number of imide groups is 1. The molecule has 1 fully saturated rings. The fourth-order valence-corrected chi connectivity index (χ4v) is 4.43. The second-order valence-electron chi connectivity index (χ2n) is 9.72. The van der Waals surface area contributed by atoms with Gasteiger partial charge >= 0.3 is 6.09 Å². The van der Waals surface area contributed by atoms with Gasteiger partial charge in [-0.1, -0.05) is 0 Å². The van der Waals surface area contributed by atoms with Crippen molar-refractivity contribution in [1.82, 2.24) is 14.8 Å². The van der Waals surface area contributed by atoms with E-state index in [0.717, 1.165) is 10.6 Å². The highest BCUT2D eigenvalue weighted by atomic mass is 19.1. The summed E-state index contributed by atoms with van der Waals surface area (Å²) < 4.78 is 21.6. The first kappa shape index (κ1) is 24.2. The van der Waals surface area contributed by atoms with Crippen molar-refractivity contribution in [3.63, 3.8) is 0 Å². The number of hydrogen-bond acceptors (Lipinski definition) is 7. The van der Waals surface area contributed by atoms with Gasteiger partial charge < -0.3 is 20.3 Å². The van der Waals surface area contributed by atoms with Crippen molar-refractivity contribution in [3.05, 3.63) is 51.6 Å². The van der Waals surface area contributed by atoms with E-state index in [2.05, 4.69) is 5.32 Å². The molecule has 3 amide bonds. The Morgan fingerprint density at radius 3 is 2.40 bits per heavy atom. The number of amides is 3. The number of nitrogens with two attached hydrogens (primary N) is 1. The van der Waals surface area contributed by atoms with Gasteiger partial charge in [-0.05, 0) is 45.7 Å². The molecule has 2 aliphatic heterocycles. The summed E-state index contributed by atoms with van der Waals surface area (Å²) in [6, 6.07) is 5.25. The zero-order valence-electron chi connectivity index (χ0n) is 20.1. The molecule has 0 spiro atoms. The summed E-state index contributed by atoms with van der Waals surface area (Å²) in [5, 5.41) is 2.10. The number of carbonyl (C=O) groups is 3. The third kappa shape index (κ3) is 4.58. The Labute approximate surface area is 201 Å². The van der Waals surface area contributed by atoms with Crippen molar-refractivity contribution in [3.8, 4) is 5.69 Å². The number of pyridine rings is 1. The number of halogens is 1. The van der Waals surface area contributed by atoms with Gasteiger partial charge in [0.25, 0.3) is 17.4 Å². The standard InChI is InChI=1S/C24H28FN5O5/c1-24(2,3)35-23(34)29-9-7-13(8-10-29)28(4)17-6-5-14(11-16(17)25)30-18(31)12-15-19(20(30)26)22(33)27-21(15)32/h5-6,11-13H,7-10,26H2,1-4H3,(H,27,32,33). The molecule has 0 unspecified atom stereocenters. The van der Waals surface area contributed by atoms with Crippen LogP contribution in [0.15, 0.2) is 29.1 Å². The van der Waals surface area contributed by atoms with Crippen LogP contribution < -0.4 is 21.5 Å². The highest BCUT2D eigenvalue weighted by molar-refractivity contribution is 6.23. The lowest BCUT2D eigenvalue weighted by molar-refractivity contribution is 0.0205. The molecule has 2 aromatic rings. The maximum atomic E-state index is 15.2. The number of likely N-dealkylation sites (tertiary alicyclic amines) is 1. The molecule has 3 N–H and O–H groups in total. The molecule has 11 heteroatoms. The molecule has 1 aromatic heterocycles. The lowest BCUT2D eigenvalue weighted by atomic mass is 10.0. The Kier molecular flexibility index (Phi) is 6.04. The predicted octanol–water partition coefficient (Wildman–Crippen LogP) is 2.28. The molecule has 1 aromatic carbocycles. The zero-order chi connectivity index (χ0) is 25.7. The number of nitrogens with one attached hydrogen (secondary N) is 1. The van der Waals surface area contributed by atoms with Crippen LogP contribution in [0.25, 0.3) is 5.69 Å². The van der Waals surface area contributed by atoms with Crippen LogP contribution in [0.5, 0.6) is 0 Å². The number of ether oxygens (including phenoxy) is 1. The summed E-state index contributed by atoms with van der Waals surface area (Å²) in [6.45, 7) is 6.43. The monoisotopic (exact) mass is 485 g/mol. The summed E-state index contributed by atoms with van der Waals surface area (Å²) in [7, 11) is 1.78. The average molecular weight is 486 g/mol. The van der Waals surface area contributed by atoms with Crippen LogP contribution in [-0.4, -0.2) is 59.2 Å². The first-order chi connectivity index (χ1) is 16.4. The normalized spacial score (nSPS) is 16.2. The van der Waals surface area contributed by atoms with Gasteiger partial charge in [0, 0.05) is 38.3 Å². The Balaban J connectivity index is 1.53. The molecule has 3 heterocycles. The Bertz CT molecular complexity index is 1270. The van der Waals surface area contributed by atoms with Crippen molar-refractivity contribution >= 4 is 29.4 Å². The maximum Gasteiger partial charge on any atom is 0.410 e. The molecule has 0 atom stereocenters. The summed E-state index contributed by atoms with van der Waals surface area (Å²) in [5.74, 6) is -2.20. The average Bonchev–Trinajstić information content (AvgIpc) is 3.05. The number of rotatable bonds is 3. The van der Waals surface area contributed by atoms with E-state index in [4.69, 9.17) is 10.5 Å². The third-order valence-electron chi connectivity index (χ3n) is 6.19. The van der Waals surface area contributed by atoms with E-state index in [-0.39, 0.29) is 34.8 Å². The van der Waals surface area contributed by atoms with Gasteiger partial charge in [-0.15, -0.1) is 0 Å². The second-order valence-corrected chi connectivity index (χ2v) is 9.72. The molecular weight excluding hydrogens is 457 g/mol. The highest BCUT2D eigenvalue weighted by Gasteiger charge is 2.32. The highest BCUT2D eigenvalue weighted by Crippen LogP contribution is 2.29. The minimum Gasteiger partial charge on any atom is -0.444 e. The van der Waals surface area contributed by atoms with Crippen molar-refractivity contribution < 1.29 is 23.5 Å². The Morgan fingerprint density at radius 2 is 1.80 bits per heavy atom. The molecule has 2 aliphatic rings. The van der Waals surface area contributed by atoms with E-state index < -0.39 is 28.8 Å². The fourth-order valence-electron chi connectivity index (χ4n) is 4.43. The first-order valence-corrected chi connectivity index (χ1v) is 11.3. The number of fused-ring (bicyclic) bond motifs is 1. The van der Waals surface area contributed by atoms with Crippen LogP contribution in [0.2, 0.25) is 0 Å². The second kappa shape index (κ2) is 8.71. The lowest BCUT2D eigenvalue weighted by Gasteiger charge is -2.38. The molecule has 0 bridgehead atoms. The predicted molar refractivity (Wildman–Crippen MR) is 127 cm³/mol. The number of nitrogen functional groups attached to an aromatic ring is 1. The largest absolute Gasteiger partial charge is 0.444 e. The molecule has 0 saturated carbocycles. The Hall–Kier alpha value is -3.89. The summed E-state index contributed by atoms with van der Waals surface area (Å²) >= 11 is 0. The molecule has 35 heavy (non-hydrogen) atoms. The third-order valence-corrected chi connectivity index (χ3v) is 6.19. The minimum atomic E-state index is -0.703. The fraction of sp³-hybridized carbons (Fsp3) is 0.417. The summed E-state index contributed by atoms with van der Waals surface area (Å²) in [6.07, 6.45) is 0.913. The van der Waals surface area contributed by atoms with Crippen LogP contribution in [-0.2, 0) is 4.74 Å². The van der Waals surface area contributed by atoms with Crippen molar-refractivity contribution in [2.75, 3.05) is 30.8 Å². The van der Waals surface area contributed by atoms with E-state index in [0.29, 0.717) is 31.6 Å². The number of carbonyl (C=O) groups excluding carboxylic acids is 3. The number of anilines is 2. The number of benzene rings is 1. The van der Waals surface area contributed by atoms with Crippen LogP contribution in [0.1, 0.15) is 54.3 Å². The molecule has 4 rings (SSSR count). The summed E-state index contributed by atoms with van der Waals surface area (Å²) in [5.41, 5.74) is 5.08. The molecule has 1 saturated heterocycles. The van der Waals surface area contributed by atoms with Gasteiger partial charge in [0.2, 0.25) is 0 Å². The van der Waals surface area contributed by atoms with Crippen LogP contribution in [0.3, 0.4) is 0 Å². The Morgan fingerprint density at radius 1 is 1.14 bits per heavy atom. The van der Waals surface area contributed by atoms with Crippen LogP contribution in [0.4, 0.5) is 20.7 Å². The van der Waals surface area contributed by atoms with Crippen molar-refractivity contribution in [2.45, 2.75) is 45.3 Å². The van der Waals surface area contributed by atoms with E-state index >= 15 is 4.39 Å². The van der Waals surface area contributed by atoms with Gasteiger partial charge in [0.1, 0.15) is 17.2 Å². The van der Waals surface area contributed by atoms with E-state index in [1.165, 1.54) is 18.2 Å². The number of aromatic nitrogens is 1. The van der Waals surface area contributed by atoms with E-state index in [1.54, 1.807) is 11.9 Å². The topological polar surface area (TPSA) is 127 Å². The lowest BCUT2D eigenvalue weighted by Crippen LogP contribution is -2.47. The number of hydrogen-bond donors (Lipinski definition) is 2. The van der Waals surface area contributed by atoms with Gasteiger partial charge in [-0.2, -0.15) is 0 Å². The molecule has 10 nitrogen and oxygen atoms in total. The van der Waals surface area contributed by atoms with Crippen LogP contribution >= 0.6 is 0 Å². The van der Waals surface area contributed by atoms with Crippen molar-refractivity contribution in [2.24, 2.45) is 0 Å². The smallest absolute Gasteiger partial charge is 0.410 e. The SMILES string of the molecule is CN(c1ccc(-n2c(N)c3c(cc2=O)C(=O)NC3=O)cc1F)C1CCN(C(=O)OC(C)(C)C)CC1. The molecule has 186 valence electrons. The molecular formula is C24H28FN5O5. The summed E-state index contributed by atoms with van der Waals surface area (Å²) in [4.78, 5) is 52.3. The van der Waals surface area contributed by atoms with E-state index in [1.807, 2.05) is 25.7 Å². The quantitative estimate of drug-likeness (QED) is 0.639. The van der Waals surface area contributed by atoms with Crippen molar-refractivity contribution in [1.29, 1.82) is 0 Å². The molecule has 0 aliphatic carbocycles. The van der Waals surface area contributed by atoms with Gasteiger partial charge in [0.15, 0.2) is 0 Å².